The summed E-state index contributed by atoms with van der Waals surface area (Å²) >= 11 is 0. The molecule has 6 heteroatoms. The molecule has 0 N–H and O–H groups in total. The molecule has 3 rings (SSSR count). The molecule has 1 fully saturated rings. The second-order valence-corrected chi connectivity index (χ2v) is 5.75. The Morgan fingerprint density at radius 3 is 2.52 bits per heavy atom. The number of pyridine rings is 1. The van der Waals surface area contributed by atoms with E-state index in [1.165, 1.54) is 19.3 Å². The van der Waals surface area contributed by atoms with Crippen molar-refractivity contribution in [2.24, 2.45) is 0 Å². The molecule has 0 radical (unpaired) electrons. The summed E-state index contributed by atoms with van der Waals surface area (Å²) in [7, 11) is 1.42. The van der Waals surface area contributed by atoms with Crippen LogP contribution in [0, 0.1) is 5.82 Å². The van der Waals surface area contributed by atoms with Crippen LogP contribution in [0.5, 0.6) is 5.75 Å². The van der Waals surface area contributed by atoms with E-state index in [0.29, 0.717) is 18.7 Å². The Morgan fingerprint density at radius 2 is 1.88 bits per heavy atom. The number of carbonyl (C=O) groups is 1. The maximum Gasteiger partial charge on any atom is 0.246 e. The molecule has 0 bridgehead atoms. The van der Waals surface area contributed by atoms with Crippen molar-refractivity contribution in [3.05, 3.63) is 60.2 Å². The molecule has 25 heavy (non-hydrogen) atoms. The van der Waals surface area contributed by atoms with Crippen molar-refractivity contribution in [3.8, 4) is 5.75 Å². The number of halogens is 1. The molecule has 0 aliphatic carbocycles. The normalized spacial score (nSPS) is 14.8. The lowest BCUT2D eigenvalue weighted by Crippen LogP contribution is -2.48. The Hall–Kier alpha value is -2.89. The van der Waals surface area contributed by atoms with E-state index in [2.05, 4.69) is 9.88 Å². The van der Waals surface area contributed by atoms with Crippen molar-refractivity contribution in [1.29, 1.82) is 0 Å². The number of benzene rings is 1. The van der Waals surface area contributed by atoms with E-state index in [-0.39, 0.29) is 11.7 Å². The van der Waals surface area contributed by atoms with Crippen molar-refractivity contribution >= 4 is 17.7 Å². The zero-order chi connectivity index (χ0) is 17.6. The van der Waals surface area contributed by atoms with Crippen molar-refractivity contribution in [3.63, 3.8) is 0 Å². The van der Waals surface area contributed by atoms with Crippen LogP contribution < -0.4 is 9.64 Å². The largest absolute Gasteiger partial charge is 0.494 e. The van der Waals surface area contributed by atoms with Crippen LogP contribution in [0.4, 0.5) is 10.1 Å². The number of amides is 1. The van der Waals surface area contributed by atoms with Gasteiger partial charge in [0.15, 0.2) is 11.6 Å². The number of ether oxygens (including phenoxy) is 1. The number of rotatable bonds is 4. The Morgan fingerprint density at radius 1 is 1.16 bits per heavy atom. The number of hydrogen-bond donors (Lipinski definition) is 0. The van der Waals surface area contributed by atoms with Crippen LogP contribution in [0.2, 0.25) is 0 Å². The standard InChI is InChI=1S/C19H20FN3O2/c1-25-18-4-2-15(14-17(18)20)3-5-19(24)23-12-10-22(11-13-23)16-6-8-21-9-7-16/h2-9,14H,10-13H2,1H3/b5-3+. The van der Waals surface area contributed by atoms with Gasteiger partial charge < -0.3 is 14.5 Å². The van der Waals surface area contributed by atoms with Gasteiger partial charge in [-0.15, -0.1) is 0 Å². The number of anilines is 1. The molecule has 130 valence electrons. The minimum Gasteiger partial charge on any atom is -0.494 e. The minimum atomic E-state index is -0.442. The van der Waals surface area contributed by atoms with Crippen LogP contribution in [-0.4, -0.2) is 49.1 Å². The summed E-state index contributed by atoms with van der Waals surface area (Å²) in [6, 6.07) is 8.55. The molecular weight excluding hydrogens is 321 g/mol. The molecule has 1 aliphatic heterocycles. The molecule has 0 saturated carbocycles. The molecule has 1 saturated heterocycles. The van der Waals surface area contributed by atoms with Crippen LogP contribution in [0.3, 0.4) is 0 Å². The monoisotopic (exact) mass is 341 g/mol. The van der Waals surface area contributed by atoms with Crippen LogP contribution in [0.15, 0.2) is 48.8 Å². The number of piperazine rings is 1. The second-order valence-electron chi connectivity index (χ2n) is 5.75. The molecule has 2 heterocycles. The van der Waals surface area contributed by atoms with Gasteiger partial charge in [0.2, 0.25) is 5.91 Å². The maximum atomic E-state index is 13.7. The van der Waals surface area contributed by atoms with Crippen LogP contribution in [-0.2, 0) is 4.79 Å². The Bertz CT molecular complexity index is 757. The zero-order valence-electron chi connectivity index (χ0n) is 14.1. The van der Waals surface area contributed by atoms with E-state index in [4.69, 9.17) is 4.74 Å². The second kappa shape index (κ2) is 7.79. The highest BCUT2D eigenvalue weighted by Gasteiger charge is 2.19. The molecular formula is C19H20FN3O2. The molecule has 2 aromatic rings. The number of aromatic nitrogens is 1. The lowest BCUT2D eigenvalue weighted by molar-refractivity contribution is -0.126. The Labute approximate surface area is 146 Å². The van der Waals surface area contributed by atoms with Gasteiger partial charge in [0.05, 0.1) is 7.11 Å². The number of carbonyl (C=O) groups excluding carboxylic acids is 1. The van der Waals surface area contributed by atoms with Crippen molar-refractivity contribution in [2.45, 2.75) is 0 Å². The van der Waals surface area contributed by atoms with E-state index in [1.807, 2.05) is 12.1 Å². The molecule has 1 aromatic heterocycles. The predicted octanol–water partition coefficient (Wildman–Crippen LogP) is 2.59. The summed E-state index contributed by atoms with van der Waals surface area (Å²) in [6.07, 6.45) is 6.65. The first-order valence-electron chi connectivity index (χ1n) is 8.13. The fourth-order valence-corrected chi connectivity index (χ4v) is 2.80. The summed E-state index contributed by atoms with van der Waals surface area (Å²) in [4.78, 5) is 20.4. The third-order valence-corrected chi connectivity index (χ3v) is 4.21. The van der Waals surface area contributed by atoms with Gasteiger partial charge in [-0.3, -0.25) is 9.78 Å². The fraction of sp³-hybridized carbons (Fsp3) is 0.263. The van der Waals surface area contributed by atoms with E-state index >= 15 is 0 Å². The summed E-state index contributed by atoms with van der Waals surface area (Å²) in [5.74, 6) is -0.315. The first kappa shape index (κ1) is 17.0. The van der Waals surface area contributed by atoms with Gasteiger partial charge in [-0.2, -0.15) is 0 Å². The summed E-state index contributed by atoms with van der Waals surface area (Å²) < 4.78 is 18.6. The summed E-state index contributed by atoms with van der Waals surface area (Å²) in [6.45, 7) is 2.87. The number of nitrogens with zero attached hydrogens (tertiary/aromatic N) is 3. The number of methoxy groups -OCH3 is 1. The third kappa shape index (κ3) is 4.15. The van der Waals surface area contributed by atoms with Gasteiger partial charge in [0.25, 0.3) is 0 Å². The molecule has 1 aromatic carbocycles. The molecule has 5 nitrogen and oxygen atoms in total. The average Bonchev–Trinajstić information content (AvgIpc) is 2.67. The van der Waals surface area contributed by atoms with Crippen LogP contribution in [0.25, 0.3) is 6.08 Å². The van der Waals surface area contributed by atoms with Gasteiger partial charge in [-0.1, -0.05) is 6.07 Å². The van der Waals surface area contributed by atoms with E-state index in [9.17, 15) is 9.18 Å². The van der Waals surface area contributed by atoms with Crippen LogP contribution in [0.1, 0.15) is 5.56 Å². The zero-order valence-corrected chi connectivity index (χ0v) is 14.1. The molecule has 1 aliphatic rings. The van der Waals surface area contributed by atoms with Gasteiger partial charge in [0, 0.05) is 50.3 Å². The predicted molar refractivity (Wildman–Crippen MR) is 95.0 cm³/mol. The molecule has 0 atom stereocenters. The van der Waals surface area contributed by atoms with Gasteiger partial charge in [-0.05, 0) is 35.9 Å². The minimum absolute atomic E-state index is 0.0643. The summed E-state index contributed by atoms with van der Waals surface area (Å²) in [5.41, 5.74) is 1.74. The molecule has 1 amide bonds. The van der Waals surface area contributed by atoms with Crippen molar-refractivity contribution in [2.75, 3.05) is 38.2 Å². The fourth-order valence-electron chi connectivity index (χ4n) is 2.80. The summed E-state index contributed by atoms with van der Waals surface area (Å²) in [5, 5.41) is 0. The average molecular weight is 341 g/mol. The quantitative estimate of drug-likeness (QED) is 0.802. The van der Waals surface area contributed by atoms with E-state index < -0.39 is 5.82 Å². The van der Waals surface area contributed by atoms with E-state index in [0.717, 1.165) is 18.8 Å². The smallest absolute Gasteiger partial charge is 0.246 e. The lowest BCUT2D eigenvalue weighted by Gasteiger charge is -2.35. The van der Waals surface area contributed by atoms with Gasteiger partial charge >= 0.3 is 0 Å². The Balaban J connectivity index is 1.57. The topological polar surface area (TPSA) is 45.7 Å². The highest BCUT2D eigenvalue weighted by atomic mass is 19.1. The van der Waals surface area contributed by atoms with E-state index in [1.54, 1.807) is 35.5 Å². The highest BCUT2D eigenvalue weighted by Crippen LogP contribution is 2.19. The van der Waals surface area contributed by atoms with Crippen molar-refractivity contribution in [1.82, 2.24) is 9.88 Å². The number of hydrogen-bond acceptors (Lipinski definition) is 4. The first-order valence-corrected chi connectivity index (χ1v) is 8.13. The highest BCUT2D eigenvalue weighted by molar-refractivity contribution is 5.92. The molecule has 0 spiro atoms. The SMILES string of the molecule is COc1ccc(/C=C/C(=O)N2CCN(c3ccncc3)CC2)cc1F. The van der Waals surface area contributed by atoms with Crippen LogP contribution >= 0.6 is 0 Å². The van der Waals surface area contributed by atoms with Gasteiger partial charge in [0.1, 0.15) is 0 Å². The third-order valence-electron chi connectivity index (χ3n) is 4.21. The first-order chi connectivity index (χ1) is 12.2. The van der Waals surface area contributed by atoms with Gasteiger partial charge in [-0.25, -0.2) is 4.39 Å². The van der Waals surface area contributed by atoms with Crippen molar-refractivity contribution < 1.29 is 13.9 Å². The maximum absolute atomic E-state index is 13.7. The lowest BCUT2D eigenvalue weighted by atomic mass is 10.2. The molecule has 0 unspecified atom stereocenters. The Kier molecular flexibility index (Phi) is 5.28.